The lowest BCUT2D eigenvalue weighted by Gasteiger charge is -2.28. The molecule has 0 amide bonds. The molecule has 1 saturated heterocycles. The second-order valence-corrected chi connectivity index (χ2v) is 5.75. The molecule has 1 saturated carbocycles. The molecule has 1 aliphatic carbocycles. The van der Waals surface area contributed by atoms with Gasteiger partial charge in [0.25, 0.3) is 0 Å². The van der Waals surface area contributed by atoms with Crippen LogP contribution in [-0.2, 0) is 6.54 Å². The number of nitrogens with one attached hydrogen (secondary N) is 1. The van der Waals surface area contributed by atoms with Gasteiger partial charge in [-0.2, -0.15) is 0 Å². The van der Waals surface area contributed by atoms with Gasteiger partial charge in [0.05, 0.1) is 12.9 Å². The molecule has 92 valence electrons. The highest BCUT2D eigenvalue weighted by atomic mass is 32.2. The fraction of sp³-hybridized carbons (Fsp3) is 0.667. The highest BCUT2D eigenvalue weighted by Gasteiger charge is 2.31. The van der Waals surface area contributed by atoms with Crippen molar-refractivity contribution in [1.29, 1.82) is 0 Å². The summed E-state index contributed by atoms with van der Waals surface area (Å²) < 4.78 is 2.07. The van der Waals surface area contributed by atoms with Gasteiger partial charge in [0.2, 0.25) is 0 Å². The van der Waals surface area contributed by atoms with Gasteiger partial charge >= 0.3 is 0 Å². The number of amidine groups is 1. The minimum absolute atomic E-state index is 0.697. The Kier molecular flexibility index (Phi) is 3.36. The number of hydrogen-bond acceptors (Lipinski definition) is 3. The molecule has 2 atom stereocenters. The Morgan fingerprint density at radius 3 is 3.41 bits per heavy atom. The van der Waals surface area contributed by atoms with Crippen LogP contribution in [0.3, 0.4) is 0 Å². The highest BCUT2D eigenvalue weighted by Crippen LogP contribution is 2.32. The van der Waals surface area contributed by atoms with E-state index in [1.54, 1.807) is 0 Å². The zero-order chi connectivity index (χ0) is 11.5. The summed E-state index contributed by atoms with van der Waals surface area (Å²) >= 11 is 1.89. The molecular weight excluding hydrogens is 232 g/mol. The van der Waals surface area contributed by atoms with Gasteiger partial charge in [0, 0.05) is 30.7 Å². The lowest BCUT2D eigenvalue weighted by molar-refractivity contribution is 0.489. The number of rotatable bonds is 3. The Labute approximate surface area is 106 Å². The fourth-order valence-corrected chi connectivity index (χ4v) is 3.78. The first kappa shape index (κ1) is 11.1. The normalized spacial score (nSPS) is 30.2. The van der Waals surface area contributed by atoms with Crippen molar-refractivity contribution in [2.24, 2.45) is 10.9 Å². The van der Waals surface area contributed by atoms with Crippen LogP contribution in [-0.4, -0.2) is 33.1 Å². The van der Waals surface area contributed by atoms with Crippen LogP contribution in [0.1, 0.15) is 19.3 Å². The van der Waals surface area contributed by atoms with Gasteiger partial charge in [-0.05, 0) is 18.8 Å². The summed E-state index contributed by atoms with van der Waals surface area (Å²) in [6.45, 7) is 1.75. The SMILES string of the molecule is c1cn(CCN=C2NC3CCCC3CS2)cn1. The largest absolute Gasteiger partial charge is 0.362 e. The fourth-order valence-electron chi connectivity index (χ4n) is 2.59. The van der Waals surface area contributed by atoms with Crippen molar-refractivity contribution in [1.82, 2.24) is 14.9 Å². The van der Waals surface area contributed by atoms with Crippen molar-refractivity contribution in [3.63, 3.8) is 0 Å². The van der Waals surface area contributed by atoms with E-state index in [0.717, 1.165) is 24.2 Å². The molecule has 2 aliphatic rings. The molecule has 5 heteroatoms. The summed E-state index contributed by atoms with van der Waals surface area (Å²) in [4.78, 5) is 8.66. The van der Waals surface area contributed by atoms with Gasteiger partial charge in [0.15, 0.2) is 5.17 Å². The summed E-state index contributed by atoms with van der Waals surface area (Å²) in [5.41, 5.74) is 0. The quantitative estimate of drug-likeness (QED) is 0.888. The van der Waals surface area contributed by atoms with Crippen LogP contribution in [0, 0.1) is 5.92 Å². The molecule has 0 bridgehead atoms. The van der Waals surface area contributed by atoms with E-state index >= 15 is 0 Å². The molecule has 2 heterocycles. The van der Waals surface area contributed by atoms with Crippen molar-refractivity contribution in [3.05, 3.63) is 18.7 Å². The predicted molar refractivity (Wildman–Crippen MR) is 71.3 cm³/mol. The standard InChI is InChI=1S/C12H18N4S/c1-2-10-8-17-12(15-11(10)3-1)14-5-7-16-6-4-13-9-16/h4,6,9-11H,1-3,5,7-8H2,(H,14,15). The minimum atomic E-state index is 0.697. The molecule has 1 N–H and O–H groups in total. The molecule has 2 fully saturated rings. The van der Waals surface area contributed by atoms with Crippen molar-refractivity contribution in [2.45, 2.75) is 31.8 Å². The molecule has 0 spiro atoms. The molecule has 0 radical (unpaired) electrons. The second-order valence-electron chi connectivity index (χ2n) is 4.74. The predicted octanol–water partition coefficient (Wildman–Crippen LogP) is 1.74. The average Bonchev–Trinajstić information content (AvgIpc) is 2.98. The summed E-state index contributed by atoms with van der Waals surface area (Å²) in [7, 11) is 0. The molecular formula is C12H18N4S. The smallest absolute Gasteiger partial charge is 0.156 e. The van der Waals surface area contributed by atoms with Crippen molar-refractivity contribution < 1.29 is 0 Å². The summed E-state index contributed by atoms with van der Waals surface area (Å²) in [5.74, 6) is 2.13. The minimum Gasteiger partial charge on any atom is -0.362 e. The van der Waals surface area contributed by atoms with Gasteiger partial charge < -0.3 is 9.88 Å². The Morgan fingerprint density at radius 1 is 1.53 bits per heavy atom. The van der Waals surface area contributed by atoms with Crippen molar-refractivity contribution >= 4 is 16.9 Å². The van der Waals surface area contributed by atoms with E-state index in [1.807, 2.05) is 30.5 Å². The molecule has 0 aromatic carbocycles. The zero-order valence-corrected chi connectivity index (χ0v) is 10.7. The van der Waals surface area contributed by atoms with Crippen LogP contribution in [0.15, 0.2) is 23.7 Å². The van der Waals surface area contributed by atoms with Crippen LogP contribution in [0.2, 0.25) is 0 Å². The van der Waals surface area contributed by atoms with Crippen LogP contribution in [0.5, 0.6) is 0 Å². The third kappa shape index (κ3) is 2.65. The third-order valence-corrected chi connectivity index (χ3v) is 4.69. The molecule has 1 aromatic rings. The van der Waals surface area contributed by atoms with Crippen LogP contribution in [0.25, 0.3) is 0 Å². The summed E-state index contributed by atoms with van der Waals surface area (Å²) in [6.07, 6.45) is 9.73. The Balaban J connectivity index is 1.51. The highest BCUT2D eigenvalue weighted by molar-refractivity contribution is 8.13. The second kappa shape index (κ2) is 5.12. The van der Waals surface area contributed by atoms with Crippen molar-refractivity contribution in [3.8, 4) is 0 Å². The van der Waals surface area contributed by atoms with E-state index in [1.165, 1.54) is 25.0 Å². The molecule has 3 rings (SSSR count). The van der Waals surface area contributed by atoms with E-state index < -0.39 is 0 Å². The first-order valence-electron chi connectivity index (χ1n) is 6.31. The number of nitrogens with zero attached hydrogens (tertiary/aromatic N) is 3. The Bertz CT molecular complexity index is 387. The number of imidazole rings is 1. The van der Waals surface area contributed by atoms with Gasteiger partial charge in [0.1, 0.15) is 0 Å². The van der Waals surface area contributed by atoms with Crippen LogP contribution < -0.4 is 5.32 Å². The number of aromatic nitrogens is 2. The number of aliphatic imine (C=N–C) groups is 1. The Morgan fingerprint density at radius 2 is 2.53 bits per heavy atom. The van der Waals surface area contributed by atoms with Crippen molar-refractivity contribution in [2.75, 3.05) is 12.3 Å². The van der Waals surface area contributed by atoms with E-state index in [-0.39, 0.29) is 0 Å². The molecule has 17 heavy (non-hydrogen) atoms. The number of fused-ring (bicyclic) bond motifs is 1. The average molecular weight is 250 g/mol. The first-order valence-corrected chi connectivity index (χ1v) is 7.30. The van der Waals surface area contributed by atoms with Crippen LogP contribution in [0.4, 0.5) is 0 Å². The maximum Gasteiger partial charge on any atom is 0.156 e. The number of hydrogen-bond donors (Lipinski definition) is 1. The van der Waals surface area contributed by atoms with E-state index in [0.29, 0.717) is 6.04 Å². The Hall–Kier alpha value is -0.970. The maximum atomic E-state index is 4.64. The van der Waals surface area contributed by atoms with Gasteiger partial charge in [-0.15, -0.1) is 0 Å². The molecule has 1 aliphatic heterocycles. The summed E-state index contributed by atoms with van der Waals surface area (Å²) in [5, 5.41) is 4.73. The molecule has 1 aromatic heterocycles. The van der Waals surface area contributed by atoms with E-state index in [9.17, 15) is 0 Å². The summed E-state index contributed by atoms with van der Waals surface area (Å²) in [6, 6.07) is 0.697. The topological polar surface area (TPSA) is 42.2 Å². The molecule has 4 nitrogen and oxygen atoms in total. The van der Waals surface area contributed by atoms with E-state index in [4.69, 9.17) is 0 Å². The molecule has 2 unspecified atom stereocenters. The monoisotopic (exact) mass is 250 g/mol. The zero-order valence-electron chi connectivity index (χ0n) is 9.88. The lowest BCUT2D eigenvalue weighted by atomic mass is 10.1. The van der Waals surface area contributed by atoms with Gasteiger partial charge in [-0.25, -0.2) is 4.98 Å². The van der Waals surface area contributed by atoms with Gasteiger partial charge in [-0.1, -0.05) is 18.2 Å². The van der Waals surface area contributed by atoms with Crippen LogP contribution >= 0.6 is 11.8 Å². The van der Waals surface area contributed by atoms with E-state index in [2.05, 4.69) is 19.9 Å². The number of thioether (sulfide) groups is 1. The third-order valence-electron chi connectivity index (χ3n) is 3.57. The lowest BCUT2D eigenvalue weighted by Crippen LogP contribution is -2.41. The van der Waals surface area contributed by atoms with Gasteiger partial charge in [-0.3, -0.25) is 4.99 Å². The maximum absolute atomic E-state index is 4.64. The first-order chi connectivity index (χ1) is 8.42.